The predicted octanol–water partition coefficient (Wildman–Crippen LogP) is 18.4. The van der Waals surface area contributed by atoms with Gasteiger partial charge in [0.25, 0.3) is 0 Å². The fraction of sp³-hybridized carbons (Fsp3) is 0.516. The van der Waals surface area contributed by atoms with Crippen molar-refractivity contribution in [2.45, 2.75) is 200 Å². The topological polar surface area (TPSA) is 78.9 Å². The van der Waals surface area contributed by atoms with E-state index in [4.69, 9.17) is 14.2 Å². The number of carbonyl (C=O) groups excluding carboxylic acids is 3. The normalized spacial score (nSPS) is 13.5. The monoisotopic (exact) mass is 961 g/mol. The number of rotatable bonds is 46. The van der Waals surface area contributed by atoms with Gasteiger partial charge in [-0.2, -0.15) is 0 Å². The summed E-state index contributed by atoms with van der Waals surface area (Å²) in [6, 6.07) is 0. The summed E-state index contributed by atoms with van der Waals surface area (Å²) >= 11 is 0. The van der Waals surface area contributed by atoms with Gasteiger partial charge in [-0.1, -0.05) is 242 Å². The fourth-order valence-corrected chi connectivity index (χ4v) is 6.61. The van der Waals surface area contributed by atoms with Gasteiger partial charge in [0.05, 0.1) is 0 Å². The Morgan fingerprint density at radius 2 is 0.657 bits per heavy atom. The Balaban J connectivity index is 4.68. The number of esters is 3. The van der Waals surface area contributed by atoms with Crippen molar-refractivity contribution in [1.29, 1.82) is 0 Å². The third-order valence-corrected chi connectivity index (χ3v) is 10.6. The van der Waals surface area contributed by atoms with Gasteiger partial charge in [0.2, 0.25) is 0 Å². The Hall–Kier alpha value is -5.23. The van der Waals surface area contributed by atoms with Gasteiger partial charge >= 0.3 is 17.9 Å². The highest BCUT2D eigenvalue weighted by Gasteiger charge is 2.19. The molecular weight excluding hydrogens is 865 g/mol. The second-order valence-corrected chi connectivity index (χ2v) is 17.2. The predicted molar refractivity (Wildman–Crippen MR) is 301 cm³/mol. The van der Waals surface area contributed by atoms with Gasteiger partial charge in [0.15, 0.2) is 6.10 Å². The molecule has 0 aliphatic carbocycles. The summed E-state index contributed by atoms with van der Waals surface area (Å²) in [4.78, 5) is 38.1. The Morgan fingerprint density at radius 1 is 0.314 bits per heavy atom. The van der Waals surface area contributed by atoms with Crippen molar-refractivity contribution >= 4 is 17.9 Å². The van der Waals surface area contributed by atoms with Gasteiger partial charge < -0.3 is 14.2 Å². The molecule has 0 saturated carbocycles. The summed E-state index contributed by atoms with van der Waals surface area (Å²) in [6.45, 7) is 6.22. The van der Waals surface area contributed by atoms with E-state index in [0.29, 0.717) is 19.3 Å². The van der Waals surface area contributed by atoms with Gasteiger partial charge in [-0.15, -0.1) is 0 Å². The molecule has 0 bridgehead atoms. The van der Waals surface area contributed by atoms with Gasteiger partial charge in [-0.25, -0.2) is 0 Å². The van der Waals surface area contributed by atoms with Gasteiger partial charge in [0.1, 0.15) is 13.2 Å². The zero-order valence-electron chi connectivity index (χ0n) is 44.2. The molecule has 0 amide bonds. The molecule has 0 saturated heterocycles. The van der Waals surface area contributed by atoms with E-state index in [-0.39, 0.29) is 44.0 Å². The lowest BCUT2D eigenvalue weighted by Crippen LogP contribution is -2.30. The highest BCUT2D eigenvalue weighted by Crippen LogP contribution is 2.11. The molecule has 70 heavy (non-hydrogen) atoms. The zero-order chi connectivity index (χ0) is 50.7. The largest absolute Gasteiger partial charge is 0.462 e. The van der Waals surface area contributed by atoms with Crippen LogP contribution < -0.4 is 0 Å². The summed E-state index contributed by atoms with van der Waals surface area (Å²) in [6.07, 6.45) is 83.5. The highest BCUT2D eigenvalue weighted by atomic mass is 16.6. The van der Waals surface area contributed by atoms with Crippen molar-refractivity contribution in [3.63, 3.8) is 0 Å². The van der Waals surface area contributed by atoms with Crippen LogP contribution in [0.3, 0.4) is 0 Å². The molecule has 0 radical (unpaired) electrons. The first kappa shape index (κ1) is 64.8. The number of ether oxygens (including phenoxy) is 3. The van der Waals surface area contributed by atoms with Crippen molar-refractivity contribution in [3.8, 4) is 0 Å². The fourth-order valence-electron chi connectivity index (χ4n) is 6.61. The van der Waals surface area contributed by atoms with E-state index in [9.17, 15) is 14.4 Å². The lowest BCUT2D eigenvalue weighted by molar-refractivity contribution is -0.166. The Morgan fingerprint density at radius 3 is 1.11 bits per heavy atom. The van der Waals surface area contributed by atoms with Crippen molar-refractivity contribution in [1.82, 2.24) is 0 Å². The molecule has 6 nitrogen and oxygen atoms in total. The molecule has 0 rings (SSSR count). The number of carbonyl (C=O) groups is 3. The molecule has 0 N–H and O–H groups in total. The molecule has 1 atom stereocenters. The average molecular weight is 961 g/mol. The molecule has 0 aliphatic rings. The third kappa shape index (κ3) is 53.7. The van der Waals surface area contributed by atoms with Crippen LogP contribution >= 0.6 is 0 Å². The Kier molecular flexibility index (Phi) is 52.1. The minimum Gasteiger partial charge on any atom is -0.462 e. The molecule has 0 heterocycles. The minimum absolute atomic E-state index is 0.142. The standard InChI is InChI=1S/C64H96O6/c1-4-7-10-13-16-19-22-25-28-31-32-34-36-39-42-45-48-51-54-57-63(66)69-60-61(59-68-62(65)56-53-50-47-44-41-38-35-30-27-24-21-18-15-12-9-6-3)70-64(67)58-55-52-49-46-43-40-37-33-29-26-23-20-17-14-11-8-5-2/h7-8,10-11,14,16-17,19-20,23,25-26,28-30,32-35,37-43,48,51,61H,4-6,9,12-13,15,18,21-22,24,27,31,36,44-47,49-50,52-60H2,1-3H3/b10-7-,11-8-,17-14-,19-16-,23-20-,28-25-,29-26-,34-32-,35-30-,37-33+,41-38-,42-39-,43-40-,51-48-. The van der Waals surface area contributed by atoms with Crippen LogP contribution in [0.4, 0.5) is 0 Å². The zero-order valence-corrected chi connectivity index (χ0v) is 44.2. The molecule has 1 unspecified atom stereocenters. The Bertz CT molecular complexity index is 1670. The van der Waals surface area contributed by atoms with E-state index in [1.807, 2.05) is 72.9 Å². The van der Waals surface area contributed by atoms with Crippen LogP contribution in [0.1, 0.15) is 194 Å². The second kappa shape index (κ2) is 56.4. The molecule has 6 heteroatoms. The van der Waals surface area contributed by atoms with Crippen LogP contribution in [-0.2, 0) is 28.6 Å². The van der Waals surface area contributed by atoms with Crippen LogP contribution in [-0.4, -0.2) is 37.2 Å². The summed E-state index contributed by atoms with van der Waals surface area (Å²) < 4.78 is 16.7. The Labute approximate surface area is 428 Å². The first-order valence-corrected chi connectivity index (χ1v) is 27.2. The smallest absolute Gasteiger partial charge is 0.306 e. The quantitative estimate of drug-likeness (QED) is 0.0199. The van der Waals surface area contributed by atoms with Crippen molar-refractivity contribution < 1.29 is 28.6 Å². The van der Waals surface area contributed by atoms with Crippen molar-refractivity contribution in [2.75, 3.05) is 13.2 Å². The molecular formula is C64H96O6. The maximum Gasteiger partial charge on any atom is 0.306 e. The van der Waals surface area contributed by atoms with E-state index in [1.165, 1.54) is 44.9 Å². The van der Waals surface area contributed by atoms with Crippen LogP contribution in [0.5, 0.6) is 0 Å². The van der Waals surface area contributed by atoms with Crippen LogP contribution in [0.25, 0.3) is 0 Å². The van der Waals surface area contributed by atoms with Gasteiger partial charge in [-0.05, 0) is 103 Å². The average Bonchev–Trinajstić information content (AvgIpc) is 3.36. The third-order valence-electron chi connectivity index (χ3n) is 10.6. The lowest BCUT2D eigenvalue weighted by atomic mass is 10.1. The van der Waals surface area contributed by atoms with E-state index < -0.39 is 6.10 Å². The number of unbranched alkanes of at least 4 members (excludes halogenated alkanes) is 13. The van der Waals surface area contributed by atoms with E-state index in [0.717, 1.165) is 96.3 Å². The summed E-state index contributed by atoms with van der Waals surface area (Å²) in [7, 11) is 0. The maximum atomic E-state index is 12.8. The van der Waals surface area contributed by atoms with E-state index in [2.05, 4.69) is 118 Å². The van der Waals surface area contributed by atoms with Crippen molar-refractivity contribution in [3.05, 3.63) is 170 Å². The SMILES string of the molecule is CC\C=C/C=C\C=C/C=C\C=C\C=C/CCCCCC(=O)OC(COC(=O)CC/C=C\C/C=C\C/C=C\C/C=C\C/C=C\C/C=C\CC)COC(=O)CCCCC/C=C\C=C/CCCCCCCCC. The van der Waals surface area contributed by atoms with E-state index >= 15 is 0 Å². The van der Waals surface area contributed by atoms with Crippen LogP contribution in [0.15, 0.2) is 170 Å². The van der Waals surface area contributed by atoms with Crippen LogP contribution in [0, 0.1) is 0 Å². The molecule has 0 aliphatic heterocycles. The first-order chi connectivity index (χ1) is 34.5. The van der Waals surface area contributed by atoms with Crippen LogP contribution in [0.2, 0.25) is 0 Å². The molecule has 0 aromatic heterocycles. The van der Waals surface area contributed by atoms with Crippen molar-refractivity contribution in [2.24, 2.45) is 0 Å². The molecule has 0 aromatic carbocycles. The lowest BCUT2D eigenvalue weighted by Gasteiger charge is -2.18. The van der Waals surface area contributed by atoms with E-state index in [1.54, 1.807) is 0 Å². The summed E-state index contributed by atoms with van der Waals surface area (Å²) in [5.41, 5.74) is 0. The first-order valence-electron chi connectivity index (χ1n) is 27.2. The molecule has 0 spiro atoms. The second-order valence-electron chi connectivity index (χ2n) is 17.2. The molecule has 0 aromatic rings. The maximum absolute atomic E-state index is 12.8. The summed E-state index contributed by atoms with van der Waals surface area (Å²) in [5, 5.41) is 0. The molecule has 0 fully saturated rings. The van der Waals surface area contributed by atoms with Gasteiger partial charge in [0, 0.05) is 19.3 Å². The number of hydrogen-bond acceptors (Lipinski definition) is 6. The highest BCUT2D eigenvalue weighted by molar-refractivity contribution is 5.71. The van der Waals surface area contributed by atoms with Gasteiger partial charge in [-0.3, -0.25) is 14.4 Å². The minimum atomic E-state index is -0.853. The summed E-state index contributed by atoms with van der Waals surface area (Å²) in [5.74, 6) is -1.11. The number of allylic oxidation sites excluding steroid dienone is 28. The number of hydrogen-bond donors (Lipinski definition) is 0. The molecule has 388 valence electrons.